The highest BCUT2D eigenvalue weighted by Gasteiger charge is 2.19. The number of unbranched alkanes of at least 4 members (excludes halogenated alkanes) is 32. The predicted octanol–water partition coefficient (Wildman–Crippen LogP) is 24.3. The van der Waals surface area contributed by atoms with E-state index >= 15 is 0 Å². The van der Waals surface area contributed by atoms with E-state index in [9.17, 15) is 14.4 Å². The lowest BCUT2D eigenvalue weighted by molar-refractivity contribution is -0.167. The molecule has 1 atom stereocenters. The van der Waals surface area contributed by atoms with Crippen molar-refractivity contribution in [3.8, 4) is 0 Å². The highest BCUT2D eigenvalue weighted by atomic mass is 16.6. The van der Waals surface area contributed by atoms with Crippen LogP contribution in [0.2, 0.25) is 0 Å². The molecule has 0 rings (SSSR count). The molecule has 0 aromatic heterocycles. The highest BCUT2D eigenvalue weighted by Crippen LogP contribution is 2.17. The molecule has 6 nitrogen and oxygen atoms in total. The Morgan fingerprint density at radius 1 is 0.253 bits per heavy atom. The zero-order valence-electron chi connectivity index (χ0n) is 54.4. The summed E-state index contributed by atoms with van der Waals surface area (Å²) in [4.78, 5) is 38.5. The van der Waals surface area contributed by atoms with Crippen LogP contribution in [0.25, 0.3) is 0 Å². The van der Waals surface area contributed by atoms with Gasteiger partial charge < -0.3 is 14.2 Å². The molecule has 0 fully saturated rings. The highest BCUT2D eigenvalue weighted by molar-refractivity contribution is 5.71. The molecular formula is C77H130O6. The minimum atomic E-state index is -0.790. The van der Waals surface area contributed by atoms with Gasteiger partial charge in [-0.05, 0) is 128 Å². The molecule has 0 aromatic carbocycles. The third-order valence-corrected chi connectivity index (χ3v) is 14.9. The van der Waals surface area contributed by atoms with Gasteiger partial charge in [0.25, 0.3) is 0 Å². The monoisotopic (exact) mass is 1150 g/mol. The SMILES string of the molecule is CC/C=C\C/C=C\C/C=C\C/C=C\C/C=C\CCCCCCCCCCCC(=O)OCC(COC(=O)CCCCCCC/C=C\CCCCCCCC)OC(=O)CCCCCCCCCCCCCC/C=C\C/C=C\C/C=C\C/C=C\CC. The zero-order valence-corrected chi connectivity index (χ0v) is 54.4. The molecule has 0 heterocycles. The predicted molar refractivity (Wildman–Crippen MR) is 362 cm³/mol. The summed E-state index contributed by atoms with van der Waals surface area (Å²) in [6.07, 6.45) is 97.8. The zero-order chi connectivity index (χ0) is 59.9. The molecule has 0 aliphatic rings. The van der Waals surface area contributed by atoms with Crippen molar-refractivity contribution in [3.63, 3.8) is 0 Å². The van der Waals surface area contributed by atoms with Crippen LogP contribution < -0.4 is 0 Å². The minimum Gasteiger partial charge on any atom is -0.462 e. The molecule has 0 spiro atoms. The van der Waals surface area contributed by atoms with Crippen LogP contribution in [0.15, 0.2) is 122 Å². The normalized spacial score (nSPS) is 12.9. The number of hydrogen-bond donors (Lipinski definition) is 0. The van der Waals surface area contributed by atoms with Crippen LogP contribution in [0.1, 0.15) is 329 Å². The number of carbonyl (C=O) groups is 3. The van der Waals surface area contributed by atoms with Crippen molar-refractivity contribution in [1.29, 1.82) is 0 Å². The van der Waals surface area contributed by atoms with Crippen molar-refractivity contribution >= 4 is 17.9 Å². The first-order valence-electron chi connectivity index (χ1n) is 35.0. The van der Waals surface area contributed by atoms with Crippen LogP contribution in [0, 0.1) is 0 Å². The van der Waals surface area contributed by atoms with Crippen LogP contribution in [0.5, 0.6) is 0 Å². The summed E-state index contributed by atoms with van der Waals surface area (Å²) in [5.74, 6) is -0.889. The summed E-state index contributed by atoms with van der Waals surface area (Å²) in [6, 6.07) is 0. The van der Waals surface area contributed by atoms with Gasteiger partial charge in [0.05, 0.1) is 0 Å². The fraction of sp³-hybridized carbons (Fsp3) is 0.701. The van der Waals surface area contributed by atoms with Gasteiger partial charge in [-0.15, -0.1) is 0 Å². The number of carbonyl (C=O) groups excluding carboxylic acids is 3. The van der Waals surface area contributed by atoms with E-state index in [0.29, 0.717) is 19.3 Å². The summed E-state index contributed by atoms with van der Waals surface area (Å²) >= 11 is 0. The molecule has 83 heavy (non-hydrogen) atoms. The van der Waals surface area contributed by atoms with Crippen LogP contribution in [0.4, 0.5) is 0 Å². The smallest absolute Gasteiger partial charge is 0.306 e. The first-order chi connectivity index (χ1) is 41.0. The molecule has 6 heteroatoms. The third-order valence-electron chi connectivity index (χ3n) is 14.9. The van der Waals surface area contributed by atoms with Crippen LogP contribution >= 0.6 is 0 Å². The van der Waals surface area contributed by atoms with Gasteiger partial charge in [0.15, 0.2) is 6.10 Å². The van der Waals surface area contributed by atoms with Crippen molar-refractivity contribution in [1.82, 2.24) is 0 Å². The Morgan fingerprint density at radius 2 is 0.470 bits per heavy atom. The molecule has 1 unspecified atom stereocenters. The molecule has 0 radical (unpaired) electrons. The van der Waals surface area contributed by atoms with Gasteiger partial charge in [-0.3, -0.25) is 14.4 Å². The fourth-order valence-electron chi connectivity index (χ4n) is 9.75. The molecule has 0 bridgehead atoms. The van der Waals surface area contributed by atoms with E-state index in [4.69, 9.17) is 14.2 Å². The first kappa shape index (κ1) is 78.8. The van der Waals surface area contributed by atoms with Crippen LogP contribution in [0.3, 0.4) is 0 Å². The average Bonchev–Trinajstić information content (AvgIpc) is 3.49. The molecule has 0 saturated carbocycles. The van der Waals surface area contributed by atoms with Crippen molar-refractivity contribution < 1.29 is 28.6 Å². The Balaban J connectivity index is 4.36. The largest absolute Gasteiger partial charge is 0.462 e. The number of ether oxygens (including phenoxy) is 3. The summed E-state index contributed by atoms with van der Waals surface area (Å²) < 4.78 is 17.0. The number of rotatable bonds is 63. The number of hydrogen-bond acceptors (Lipinski definition) is 6. The lowest BCUT2D eigenvalue weighted by Gasteiger charge is -2.18. The van der Waals surface area contributed by atoms with E-state index in [0.717, 1.165) is 128 Å². The maximum atomic E-state index is 13.0. The molecule has 0 aliphatic heterocycles. The maximum Gasteiger partial charge on any atom is 0.306 e. The van der Waals surface area contributed by atoms with Crippen molar-refractivity contribution in [3.05, 3.63) is 122 Å². The van der Waals surface area contributed by atoms with Gasteiger partial charge in [-0.1, -0.05) is 303 Å². The standard InChI is InChI=1S/C77H130O6/c1-4-7-10-13-16-19-22-25-28-30-32-34-36-38-40-42-44-46-49-52-55-58-61-64-67-70-76(79)82-73-74(72-81-75(78)69-66-63-60-57-54-51-48-27-24-21-18-15-12-9-6-3)83-77(80)71-68-65-62-59-56-53-50-47-45-43-41-39-37-35-33-31-29-26-23-20-17-14-11-8-5-2/h7-8,10-11,16-17,19-20,25-29,32-35,38,40,48,74H,4-6,9,12-15,18,21-24,30-31,36-37,39,41-47,49-73H2,1-3H3/b10-7-,11-8-,19-16-,20-17-,28-25-,29-26-,34-32-,35-33-,40-38-,48-27-. The fourth-order valence-corrected chi connectivity index (χ4v) is 9.75. The average molecular weight is 1150 g/mol. The van der Waals surface area contributed by atoms with E-state index in [1.807, 2.05) is 0 Å². The lowest BCUT2D eigenvalue weighted by atomic mass is 10.0. The summed E-state index contributed by atoms with van der Waals surface area (Å²) in [6.45, 7) is 6.43. The van der Waals surface area contributed by atoms with Crippen LogP contribution in [-0.4, -0.2) is 37.2 Å². The minimum absolute atomic E-state index is 0.0850. The van der Waals surface area contributed by atoms with E-state index in [-0.39, 0.29) is 31.1 Å². The summed E-state index contributed by atoms with van der Waals surface area (Å²) in [7, 11) is 0. The van der Waals surface area contributed by atoms with Gasteiger partial charge >= 0.3 is 17.9 Å². The van der Waals surface area contributed by atoms with Crippen molar-refractivity contribution in [2.24, 2.45) is 0 Å². The van der Waals surface area contributed by atoms with Gasteiger partial charge in [0.2, 0.25) is 0 Å². The van der Waals surface area contributed by atoms with Crippen molar-refractivity contribution in [2.75, 3.05) is 13.2 Å². The maximum absolute atomic E-state index is 13.0. The molecule has 0 aliphatic carbocycles. The Kier molecular flexibility index (Phi) is 66.7. The summed E-state index contributed by atoms with van der Waals surface area (Å²) in [5.41, 5.74) is 0. The van der Waals surface area contributed by atoms with E-state index in [1.54, 1.807) is 0 Å². The van der Waals surface area contributed by atoms with Gasteiger partial charge in [0, 0.05) is 19.3 Å². The molecular weight excluding hydrogens is 1020 g/mol. The van der Waals surface area contributed by atoms with E-state index < -0.39 is 6.10 Å². The molecule has 0 aromatic rings. The summed E-state index contributed by atoms with van der Waals surface area (Å²) in [5, 5.41) is 0. The number of esters is 3. The molecule has 0 amide bonds. The second-order valence-electron chi connectivity index (χ2n) is 23.0. The van der Waals surface area contributed by atoms with Crippen molar-refractivity contribution in [2.45, 2.75) is 335 Å². The van der Waals surface area contributed by atoms with Gasteiger partial charge in [-0.2, -0.15) is 0 Å². The van der Waals surface area contributed by atoms with Gasteiger partial charge in [0.1, 0.15) is 13.2 Å². The van der Waals surface area contributed by atoms with Crippen LogP contribution in [-0.2, 0) is 28.6 Å². The molecule has 0 N–H and O–H groups in total. The second kappa shape index (κ2) is 70.3. The molecule has 474 valence electrons. The van der Waals surface area contributed by atoms with Gasteiger partial charge in [-0.25, -0.2) is 0 Å². The Bertz CT molecular complexity index is 1700. The quantitative estimate of drug-likeness (QED) is 0.0261. The topological polar surface area (TPSA) is 78.9 Å². The second-order valence-corrected chi connectivity index (χ2v) is 23.0. The Labute approximate surface area is 513 Å². The Hall–Kier alpha value is -4.19. The Morgan fingerprint density at radius 3 is 0.747 bits per heavy atom. The lowest BCUT2D eigenvalue weighted by Crippen LogP contribution is -2.30. The third kappa shape index (κ3) is 68.5. The van der Waals surface area contributed by atoms with E-state index in [1.165, 1.54) is 161 Å². The number of allylic oxidation sites excluding steroid dienone is 20. The van der Waals surface area contributed by atoms with E-state index in [2.05, 4.69) is 142 Å². The molecule has 0 saturated heterocycles. The first-order valence-corrected chi connectivity index (χ1v) is 35.0.